The number of hydrogen-bond acceptors (Lipinski definition) is 5. The molecule has 0 aromatic heterocycles. The van der Waals surface area contributed by atoms with Gasteiger partial charge < -0.3 is 0 Å². The molecule has 1 aliphatic carbocycles. The van der Waals surface area contributed by atoms with Crippen molar-refractivity contribution >= 4 is 5.78 Å². The van der Waals surface area contributed by atoms with Crippen LogP contribution in [0.25, 0.3) is 0 Å². The molecule has 0 aromatic rings. The van der Waals surface area contributed by atoms with Crippen LogP contribution in [-0.2, 0) is 24.3 Å². The highest BCUT2D eigenvalue weighted by Crippen LogP contribution is 2.32. The average Bonchev–Trinajstić information content (AvgIpc) is 2.47. The highest BCUT2D eigenvalue weighted by atomic mass is 17.3. The molecule has 0 atom stereocenters. The first-order chi connectivity index (χ1) is 11.5. The molecule has 25 heavy (non-hydrogen) atoms. The summed E-state index contributed by atoms with van der Waals surface area (Å²) in [6.45, 7) is 11.7. The smallest absolute Gasteiger partial charge is 0.234 e. The van der Waals surface area contributed by atoms with E-state index < -0.39 is 17.0 Å². The molecule has 5 heteroatoms. The van der Waals surface area contributed by atoms with E-state index in [0.717, 1.165) is 38.5 Å². The van der Waals surface area contributed by atoms with Crippen molar-refractivity contribution in [2.75, 3.05) is 0 Å². The van der Waals surface area contributed by atoms with Gasteiger partial charge in [-0.05, 0) is 67.2 Å². The standard InChI is InChI=1S/C20H38O5/c1-18(2,3)22-24-20(25-23-19(4,5)6)15-11-7-9-13-17(21)14-10-8-12-16-20/h7-16H2,1-6H3. The lowest BCUT2D eigenvalue weighted by Gasteiger charge is -2.35. The molecule has 0 saturated heterocycles. The van der Waals surface area contributed by atoms with Gasteiger partial charge in [0.25, 0.3) is 0 Å². The van der Waals surface area contributed by atoms with Crippen molar-refractivity contribution in [1.82, 2.24) is 0 Å². The summed E-state index contributed by atoms with van der Waals surface area (Å²) in [6, 6.07) is 0. The number of carbonyl (C=O) groups excluding carboxylic acids is 1. The fourth-order valence-corrected chi connectivity index (χ4v) is 2.62. The van der Waals surface area contributed by atoms with Crippen molar-refractivity contribution in [2.24, 2.45) is 0 Å². The molecular weight excluding hydrogens is 320 g/mol. The van der Waals surface area contributed by atoms with E-state index in [0.29, 0.717) is 31.5 Å². The number of rotatable bonds is 4. The predicted octanol–water partition coefficient (Wildman–Crippen LogP) is 5.66. The summed E-state index contributed by atoms with van der Waals surface area (Å²) in [4.78, 5) is 34.7. The minimum atomic E-state index is -0.899. The summed E-state index contributed by atoms with van der Waals surface area (Å²) < 4.78 is 0. The minimum Gasteiger partial charge on any atom is -0.300 e. The van der Waals surface area contributed by atoms with Crippen molar-refractivity contribution in [3.63, 3.8) is 0 Å². The molecule has 1 fully saturated rings. The molecule has 1 aliphatic rings. The van der Waals surface area contributed by atoms with Gasteiger partial charge in [-0.15, -0.1) is 0 Å². The van der Waals surface area contributed by atoms with Crippen molar-refractivity contribution < 1.29 is 24.3 Å². The first-order valence-corrected chi connectivity index (χ1v) is 9.77. The average molecular weight is 359 g/mol. The molecule has 1 rings (SSSR count). The third kappa shape index (κ3) is 11.0. The summed E-state index contributed by atoms with van der Waals surface area (Å²) in [5, 5.41) is 0. The molecule has 0 unspecified atom stereocenters. The molecule has 148 valence electrons. The number of hydrogen-bond donors (Lipinski definition) is 0. The summed E-state index contributed by atoms with van der Waals surface area (Å²) in [6.07, 6.45) is 8.38. The van der Waals surface area contributed by atoms with E-state index in [1.54, 1.807) is 0 Å². The highest BCUT2D eigenvalue weighted by Gasteiger charge is 2.38. The van der Waals surface area contributed by atoms with Crippen molar-refractivity contribution in [3.8, 4) is 0 Å². The normalized spacial score (nSPS) is 21.4. The second kappa shape index (κ2) is 10.0. The maximum absolute atomic E-state index is 11.8. The maximum Gasteiger partial charge on any atom is 0.234 e. The Morgan fingerprint density at radius 2 is 1.08 bits per heavy atom. The van der Waals surface area contributed by atoms with E-state index in [-0.39, 0.29) is 0 Å². The van der Waals surface area contributed by atoms with Crippen LogP contribution in [0.2, 0.25) is 0 Å². The number of carbonyl (C=O) groups is 1. The Morgan fingerprint density at radius 3 is 1.44 bits per heavy atom. The second-order valence-corrected chi connectivity index (χ2v) is 9.13. The van der Waals surface area contributed by atoms with E-state index in [9.17, 15) is 4.79 Å². The topological polar surface area (TPSA) is 54.0 Å². The van der Waals surface area contributed by atoms with Gasteiger partial charge in [-0.2, -0.15) is 9.78 Å². The van der Waals surface area contributed by atoms with Gasteiger partial charge in [-0.3, -0.25) is 4.79 Å². The van der Waals surface area contributed by atoms with Gasteiger partial charge in [0, 0.05) is 25.7 Å². The molecule has 0 spiro atoms. The summed E-state index contributed by atoms with van der Waals surface area (Å²) in [5.74, 6) is -0.504. The van der Waals surface area contributed by atoms with Crippen LogP contribution in [0.1, 0.15) is 106 Å². The van der Waals surface area contributed by atoms with Crippen LogP contribution >= 0.6 is 0 Å². The Morgan fingerprint density at radius 1 is 0.680 bits per heavy atom. The summed E-state index contributed by atoms with van der Waals surface area (Å²) in [5.41, 5.74) is -0.845. The molecular formula is C20H38O5. The van der Waals surface area contributed by atoms with Crippen LogP contribution in [0.15, 0.2) is 0 Å². The molecule has 0 radical (unpaired) electrons. The molecule has 0 aliphatic heterocycles. The molecule has 0 bridgehead atoms. The first-order valence-electron chi connectivity index (χ1n) is 9.77. The fraction of sp³-hybridized carbons (Fsp3) is 0.950. The van der Waals surface area contributed by atoms with E-state index >= 15 is 0 Å². The largest absolute Gasteiger partial charge is 0.300 e. The predicted molar refractivity (Wildman–Crippen MR) is 97.8 cm³/mol. The lowest BCUT2D eigenvalue weighted by molar-refractivity contribution is -0.543. The number of Topliss-reactive ketones (excluding diaryl/α,β-unsaturated/α-hetero) is 1. The Labute approximate surface area is 153 Å². The monoisotopic (exact) mass is 358 g/mol. The minimum absolute atomic E-state index is 0.395. The summed E-state index contributed by atoms with van der Waals surface area (Å²) in [7, 11) is 0. The van der Waals surface area contributed by atoms with Crippen molar-refractivity contribution in [3.05, 3.63) is 0 Å². The lowest BCUT2D eigenvalue weighted by Crippen LogP contribution is -2.41. The lowest BCUT2D eigenvalue weighted by atomic mass is 9.97. The highest BCUT2D eigenvalue weighted by molar-refractivity contribution is 5.78. The Hall–Kier alpha value is -0.490. The van der Waals surface area contributed by atoms with Gasteiger partial charge in [0.05, 0.1) is 11.2 Å². The molecule has 5 nitrogen and oxygen atoms in total. The first kappa shape index (κ1) is 22.6. The third-order valence-electron chi connectivity index (χ3n) is 3.91. The van der Waals surface area contributed by atoms with Gasteiger partial charge in [-0.25, -0.2) is 9.78 Å². The summed E-state index contributed by atoms with van der Waals surface area (Å²) >= 11 is 0. The molecule has 0 N–H and O–H groups in total. The van der Waals surface area contributed by atoms with E-state index in [1.807, 2.05) is 41.5 Å². The van der Waals surface area contributed by atoms with Gasteiger partial charge in [-0.1, -0.05) is 12.8 Å². The van der Waals surface area contributed by atoms with Gasteiger partial charge in [0.2, 0.25) is 5.79 Å². The Balaban J connectivity index is 2.79. The van der Waals surface area contributed by atoms with Gasteiger partial charge >= 0.3 is 0 Å². The van der Waals surface area contributed by atoms with Crippen LogP contribution in [0.5, 0.6) is 0 Å². The molecule has 1 saturated carbocycles. The molecule has 0 amide bonds. The van der Waals surface area contributed by atoms with Crippen molar-refractivity contribution in [2.45, 2.75) is 123 Å². The zero-order chi connectivity index (χ0) is 19.0. The fourth-order valence-electron chi connectivity index (χ4n) is 2.62. The SMILES string of the molecule is CC(C)(C)OOC1(OOC(C)(C)C)CCCCCC(=O)CCCCC1. The third-order valence-corrected chi connectivity index (χ3v) is 3.91. The maximum atomic E-state index is 11.8. The van der Waals surface area contributed by atoms with Crippen LogP contribution in [0.4, 0.5) is 0 Å². The van der Waals surface area contributed by atoms with Crippen molar-refractivity contribution in [1.29, 1.82) is 0 Å². The van der Waals surface area contributed by atoms with Crippen LogP contribution in [-0.4, -0.2) is 22.8 Å². The van der Waals surface area contributed by atoms with Crippen LogP contribution < -0.4 is 0 Å². The van der Waals surface area contributed by atoms with Crippen LogP contribution in [0.3, 0.4) is 0 Å². The van der Waals surface area contributed by atoms with Crippen LogP contribution in [0, 0.1) is 0 Å². The molecule has 0 heterocycles. The van der Waals surface area contributed by atoms with Gasteiger partial charge in [0.1, 0.15) is 5.78 Å². The quantitative estimate of drug-likeness (QED) is 0.369. The van der Waals surface area contributed by atoms with Gasteiger partial charge in [0.15, 0.2) is 0 Å². The number of ketones is 1. The Kier molecular flexibility index (Phi) is 9.02. The van der Waals surface area contributed by atoms with E-state index in [1.165, 1.54) is 0 Å². The van der Waals surface area contributed by atoms with E-state index in [2.05, 4.69) is 0 Å². The zero-order valence-corrected chi connectivity index (χ0v) is 17.1. The zero-order valence-electron chi connectivity index (χ0n) is 17.1. The Bertz CT molecular complexity index is 356. The second-order valence-electron chi connectivity index (χ2n) is 9.13. The van der Waals surface area contributed by atoms with E-state index in [4.69, 9.17) is 19.6 Å². The molecule has 0 aromatic carbocycles.